The lowest BCUT2D eigenvalue weighted by Crippen LogP contribution is -2.48. The van der Waals surface area contributed by atoms with Crippen LogP contribution >= 0.6 is 0 Å². The van der Waals surface area contributed by atoms with E-state index >= 15 is 0 Å². The van der Waals surface area contributed by atoms with Gasteiger partial charge in [-0.25, -0.2) is 9.59 Å². The van der Waals surface area contributed by atoms with Crippen LogP contribution in [0.25, 0.3) is 0 Å². The molecule has 1 atom stereocenters. The fourth-order valence-electron chi connectivity index (χ4n) is 0.854. The number of nitrogens with one attached hydrogen (secondary N) is 2. The van der Waals surface area contributed by atoms with E-state index in [2.05, 4.69) is 10.6 Å². The fraction of sp³-hybridized carbons (Fsp3) is 0.778. The van der Waals surface area contributed by atoms with E-state index in [4.69, 9.17) is 14.9 Å². The second-order valence-electron chi connectivity index (χ2n) is 3.39. The Morgan fingerprint density at radius 1 is 1.38 bits per heavy atom. The molecule has 0 fully saturated rings. The van der Waals surface area contributed by atoms with Crippen molar-refractivity contribution < 1.29 is 24.5 Å². The van der Waals surface area contributed by atoms with Gasteiger partial charge in [-0.05, 0) is 13.8 Å². The zero-order chi connectivity index (χ0) is 12.6. The third-order valence-electron chi connectivity index (χ3n) is 1.62. The van der Waals surface area contributed by atoms with Crippen molar-refractivity contribution in [3.63, 3.8) is 0 Å². The first-order valence-corrected chi connectivity index (χ1v) is 4.97. The van der Waals surface area contributed by atoms with Gasteiger partial charge in [0, 0.05) is 6.54 Å². The molecule has 0 aromatic heterocycles. The molecule has 0 aromatic carbocycles. The van der Waals surface area contributed by atoms with Gasteiger partial charge >= 0.3 is 12.0 Å². The molecule has 7 nitrogen and oxygen atoms in total. The van der Waals surface area contributed by atoms with Gasteiger partial charge < -0.3 is 25.6 Å². The summed E-state index contributed by atoms with van der Waals surface area (Å²) in [6, 6.07) is -1.93. The molecule has 0 saturated heterocycles. The van der Waals surface area contributed by atoms with Crippen LogP contribution in [0.2, 0.25) is 0 Å². The molecule has 0 aliphatic rings. The van der Waals surface area contributed by atoms with E-state index in [9.17, 15) is 9.59 Å². The summed E-state index contributed by atoms with van der Waals surface area (Å²) < 4.78 is 5.16. The quantitative estimate of drug-likeness (QED) is 0.429. The SMILES string of the molecule is CC(C)OCCNC(=O)N[C@@H](CO)C(=O)O. The Morgan fingerprint density at radius 2 is 2.00 bits per heavy atom. The van der Waals surface area contributed by atoms with Crippen molar-refractivity contribution in [2.24, 2.45) is 0 Å². The van der Waals surface area contributed by atoms with E-state index in [1.165, 1.54) is 0 Å². The second-order valence-corrected chi connectivity index (χ2v) is 3.39. The molecule has 4 N–H and O–H groups in total. The molecular formula is C9H18N2O5. The fourth-order valence-corrected chi connectivity index (χ4v) is 0.854. The van der Waals surface area contributed by atoms with Crippen LogP contribution in [-0.4, -0.2) is 54.1 Å². The maximum atomic E-state index is 11.1. The van der Waals surface area contributed by atoms with E-state index in [1.54, 1.807) is 0 Å². The molecule has 16 heavy (non-hydrogen) atoms. The van der Waals surface area contributed by atoms with Crippen molar-refractivity contribution in [1.29, 1.82) is 0 Å². The van der Waals surface area contributed by atoms with Crippen LogP contribution in [0.4, 0.5) is 4.79 Å². The van der Waals surface area contributed by atoms with Crippen molar-refractivity contribution in [1.82, 2.24) is 10.6 Å². The molecule has 0 rings (SSSR count). The van der Waals surface area contributed by atoms with E-state index in [-0.39, 0.29) is 12.6 Å². The van der Waals surface area contributed by atoms with E-state index in [0.717, 1.165) is 0 Å². The van der Waals surface area contributed by atoms with Gasteiger partial charge in [-0.2, -0.15) is 0 Å². The number of hydrogen-bond acceptors (Lipinski definition) is 4. The van der Waals surface area contributed by atoms with Crippen LogP contribution in [0, 0.1) is 0 Å². The minimum atomic E-state index is -1.29. The van der Waals surface area contributed by atoms with Crippen molar-refractivity contribution in [2.75, 3.05) is 19.8 Å². The summed E-state index contributed by atoms with van der Waals surface area (Å²) in [5, 5.41) is 21.7. The number of carbonyl (C=O) groups excluding carboxylic acids is 1. The van der Waals surface area contributed by atoms with Crippen molar-refractivity contribution in [3.8, 4) is 0 Å². The standard InChI is InChI=1S/C9H18N2O5/c1-6(2)16-4-3-10-9(15)11-7(5-12)8(13)14/h6-7,12H,3-5H2,1-2H3,(H,13,14)(H2,10,11,15)/t7-/m0/s1. The molecule has 0 bridgehead atoms. The van der Waals surface area contributed by atoms with E-state index in [1.807, 2.05) is 13.8 Å². The van der Waals surface area contributed by atoms with Gasteiger partial charge in [0.2, 0.25) is 0 Å². The highest BCUT2D eigenvalue weighted by Gasteiger charge is 2.17. The summed E-state index contributed by atoms with van der Waals surface area (Å²) >= 11 is 0. The van der Waals surface area contributed by atoms with Gasteiger partial charge in [0.25, 0.3) is 0 Å². The van der Waals surface area contributed by atoms with E-state index in [0.29, 0.717) is 6.61 Å². The number of aliphatic carboxylic acids is 1. The Balaban J connectivity index is 3.69. The van der Waals surface area contributed by atoms with Crippen LogP contribution in [0.5, 0.6) is 0 Å². The molecule has 0 spiro atoms. The minimum absolute atomic E-state index is 0.0778. The Hall–Kier alpha value is -1.34. The number of aliphatic hydroxyl groups excluding tert-OH is 1. The number of carbonyl (C=O) groups is 2. The lowest BCUT2D eigenvalue weighted by molar-refractivity contribution is -0.140. The predicted molar refractivity (Wildman–Crippen MR) is 56.1 cm³/mol. The Labute approximate surface area is 93.8 Å². The molecule has 94 valence electrons. The highest BCUT2D eigenvalue weighted by molar-refractivity contribution is 5.82. The zero-order valence-electron chi connectivity index (χ0n) is 9.40. The first-order chi connectivity index (χ1) is 7.47. The van der Waals surface area contributed by atoms with Crippen LogP contribution < -0.4 is 10.6 Å². The Bertz CT molecular complexity index is 232. The predicted octanol–water partition coefficient (Wildman–Crippen LogP) is -0.844. The summed E-state index contributed by atoms with van der Waals surface area (Å²) in [4.78, 5) is 21.6. The molecule has 0 heterocycles. The first kappa shape index (κ1) is 14.7. The van der Waals surface area contributed by atoms with Crippen molar-refractivity contribution in [2.45, 2.75) is 26.0 Å². The lowest BCUT2D eigenvalue weighted by Gasteiger charge is -2.13. The number of carboxylic acids is 1. The smallest absolute Gasteiger partial charge is 0.328 e. The number of aliphatic hydroxyl groups is 1. The number of urea groups is 1. The normalized spacial score (nSPS) is 12.2. The van der Waals surface area contributed by atoms with Gasteiger partial charge in [-0.15, -0.1) is 0 Å². The highest BCUT2D eigenvalue weighted by Crippen LogP contribution is 1.85. The molecule has 0 aliphatic carbocycles. The Morgan fingerprint density at radius 3 is 2.44 bits per heavy atom. The average molecular weight is 234 g/mol. The van der Waals surface area contributed by atoms with Crippen LogP contribution in [-0.2, 0) is 9.53 Å². The number of amides is 2. The molecule has 0 aliphatic heterocycles. The van der Waals surface area contributed by atoms with Gasteiger partial charge in [0.15, 0.2) is 6.04 Å². The number of rotatable bonds is 7. The first-order valence-electron chi connectivity index (χ1n) is 4.97. The number of ether oxygens (including phenoxy) is 1. The molecule has 0 radical (unpaired) electrons. The van der Waals surface area contributed by atoms with Gasteiger partial charge in [0.1, 0.15) is 0 Å². The zero-order valence-corrected chi connectivity index (χ0v) is 9.40. The summed E-state index contributed by atoms with van der Waals surface area (Å²) in [6.45, 7) is 3.72. The summed E-state index contributed by atoms with van der Waals surface area (Å²) in [5.74, 6) is -1.28. The van der Waals surface area contributed by atoms with Crippen molar-refractivity contribution in [3.05, 3.63) is 0 Å². The summed E-state index contributed by atoms with van der Waals surface area (Å²) in [6.07, 6.45) is 0.0778. The third-order valence-corrected chi connectivity index (χ3v) is 1.62. The van der Waals surface area contributed by atoms with Crippen LogP contribution in [0.1, 0.15) is 13.8 Å². The van der Waals surface area contributed by atoms with Gasteiger partial charge in [-0.3, -0.25) is 0 Å². The van der Waals surface area contributed by atoms with Crippen molar-refractivity contribution >= 4 is 12.0 Å². The van der Waals surface area contributed by atoms with Gasteiger partial charge in [-0.1, -0.05) is 0 Å². The maximum Gasteiger partial charge on any atom is 0.328 e. The summed E-state index contributed by atoms with van der Waals surface area (Å²) in [7, 11) is 0. The maximum absolute atomic E-state index is 11.1. The number of carboxylic acid groups (broad SMARTS) is 1. The topological polar surface area (TPSA) is 108 Å². The third kappa shape index (κ3) is 7.02. The molecule has 7 heteroatoms. The number of hydrogen-bond donors (Lipinski definition) is 4. The average Bonchev–Trinajstić information content (AvgIpc) is 2.20. The summed E-state index contributed by atoms with van der Waals surface area (Å²) in [5.41, 5.74) is 0. The molecule has 0 aromatic rings. The molecule has 2 amide bonds. The minimum Gasteiger partial charge on any atom is -0.480 e. The Kier molecular flexibility index (Phi) is 7.23. The lowest BCUT2D eigenvalue weighted by atomic mass is 10.3. The van der Waals surface area contributed by atoms with Gasteiger partial charge in [0.05, 0.1) is 19.3 Å². The van der Waals surface area contributed by atoms with Crippen LogP contribution in [0.15, 0.2) is 0 Å². The molecular weight excluding hydrogens is 216 g/mol. The largest absolute Gasteiger partial charge is 0.480 e. The monoisotopic (exact) mass is 234 g/mol. The second kappa shape index (κ2) is 7.89. The molecule has 0 saturated carbocycles. The highest BCUT2D eigenvalue weighted by atomic mass is 16.5. The molecule has 0 unspecified atom stereocenters. The van der Waals surface area contributed by atoms with E-state index < -0.39 is 24.6 Å². The van der Waals surface area contributed by atoms with Crippen LogP contribution in [0.3, 0.4) is 0 Å².